The van der Waals surface area contributed by atoms with Crippen LogP contribution < -0.4 is 5.32 Å². The second-order valence-corrected chi connectivity index (χ2v) is 6.68. The molecule has 2 aliphatic rings. The first-order valence-electron chi connectivity index (χ1n) is 8.18. The fourth-order valence-corrected chi connectivity index (χ4v) is 3.57. The fourth-order valence-electron chi connectivity index (χ4n) is 3.57. The minimum atomic E-state index is 0. The molecule has 124 valence electrons. The molecule has 2 fully saturated rings. The quantitative estimate of drug-likeness (QED) is 0.441. The van der Waals surface area contributed by atoms with E-state index in [-0.39, 0.29) is 24.0 Å². The fraction of sp³-hybridized carbons (Fsp3) is 0.938. The molecule has 1 N–H and O–H groups in total. The van der Waals surface area contributed by atoms with E-state index in [4.69, 9.17) is 4.74 Å². The van der Waals surface area contributed by atoms with E-state index in [0.717, 1.165) is 44.1 Å². The number of ether oxygens (including phenoxy) is 1. The normalized spacial score (nSPS) is 29.9. The molecule has 0 aromatic carbocycles. The van der Waals surface area contributed by atoms with Crippen LogP contribution in [0, 0.1) is 17.8 Å². The Labute approximate surface area is 147 Å². The van der Waals surface area contributed by atoms with E-state index in [2.05, 4.69) is 29.2 Å². The van der Waals surface area contributed by atoms with Crippen LogP contribution in [0.3, 0.4) is 0 Å². The van der Waals surface area contributed by atoms with Crippen molar-refractivity contribution in [3.05, 3.63) is 0 Å². The Morgan fingerprint density at radius 2 is 2.10 bits per heavy atom. The molecule has 4 nitrogen and oxygen atoms in total. The molecule has 1 saturated carbocycles. The second-order valence-electron chi connectivity index (χ2n) is 6.68. The molecule has 0 aromatic heterocycles. The highest BCUT2D eigenvalue weighted by Crippen LogP contribution is 2.27. The SMILES string of the molecule is CN=C(NCC1CCCC(C)C1)N(C)CC1CCOC1.I. The molecule has 3 atom stereocenters. The predicted octanol–water partition coefficient (Wildman–Crippen LogP) is 2.97. The van der Waals surface area contributed by atoms with Crippen LogP contribution in [0.5, 0.6) is 0 Å². The zero-order valence-corrected chi connectivity index (χ0v) is 16.1. The zero-order chi connectivity index (χ0) is 14.4. The minimum Gasteiger partial charge on any atom is -0.381 e. The van der Waals surface area contributed by atoms with Crippen LogP contribution in [-0.2, 0) is 4.74 Å². The monoisotopic (exact) mass is 409 g/mol. The number of halogens is 1. The van der Waals surface area contributed by atoms with Crippen LogP contribution in [0.15, 0.2) is 4.99 Å². The van der Waals surface area contributed by atoms with E-state index in [9.17, 15) is 0 Å². The van der Waals surface area contributed by atoms with Gasteiger partial charge < -0.3 is 15.0 Å². The summed E-state index contributed by atoms with van der Waals surface area (Å²) in [7, 11) is 4.02. The number of guanidine groups is 1. The third-order valence-electron chi connectivity index (χ3n) is 4.72. The molecule has 1 aliphatic heterocycles. The summed E-state index contributed by atoms with van der Waals surface area (Å²) in [5.74, 6) is 3.41. The molecular formula is C16H32IN3O. The van der Waals surface area contributed by atoms with E-state index in [1.54, 1.807) is 0 Å². The Morgan fingerprint density at radius 1 is 1.29 bits per heavy atom. The molecule has 1 heterocycles. The van der Waals surface area contributed by atoms with Gasteiger partial charge in [0.05, 0.1) is 6.61 Å². The standard InChI is InChI=1S/C16H31N3O.HI/c1-13-5-4-6-14(9-13)10-18-16(17-2)19(3)11-15-7-8-20-12-15;/h13-15H,4-12H2,1-3H3,(H,17,18);1H. The van der Waals surface area contributed by atoms with Crippen molar-refractivity contribution in [1.29, 1.82) is 0 Å². The van der Waals surface area contributed by atoms with Crippen LogP contribution in [0.2, 0.25) is 0 Å². The average molecular weight is 409 g/mol. The minimum absolute atomic E-state index is 0. The molecule has 0 amide bonds. The van der Waals surface area contributed by atoms with Gasteiger partial charge in [-0.2, -0.15) is 0 Å². The summed E-state index contributed by atoms with van der Waals surface area (Å²) in [6.45, 7) is 6.32. The van der Waals surface area contributed by atoms with Gasteiger partial charge in [0.2, 0.25) is 0 Å². The molecule has 21 heavy (non-hydrogen) atoms. The Hall–Kier alpha value is -0.0400. The van der Waals surface area contributed by atoms with Gasteiger partial charge in [0.25, 0.3) is 0 Å². The number of aliphatic imine (C=N–C) groups is 1. The molecule has 0 bridgehead atoms. The molecule has 1 aliphatic carbocycles. The summed E-state index contributed by atoms with van der Waals surface area (Å²) in [6.07, 6.45) is 6.72. The number of hydrogen-bond acceptors (Lipinski definition) is 2. The lowest BCUT2D eigenvalue weighted by Crippen LogP contribution is -2.43. The van der Waals surface area contributed by atoms with Crippen molar-refractivity contribution in [2.75, 3.05) is 40.4 Å². The van der Waals surface area contributed by atoms with Crippen molar-refractivity contribution in [2.24, 2.45) is 22.7 Å². The predicted molar refractivity (Wildman–Crippen MR) is 99.5 cm³/mol. The highest BCUT2D eigenvalue weighted by molar-refractivity contribution is 14.0. The molecule has 0 radical (unpaired) electrons. The number of nitrogens with one attached hydrogen (secondary N) is 1. The molecule has 3 unspecified atom stereocenters. The largest absolute Gasteiger partial charge is 0.381 e. The first-order chi connectivity index (χ1) is 9.69. The molecule has 1 saturated heterocycles. The summed E-state index contributed by atoms with van der Waals surface area (Å²) in [5.41, 5.74) is 0. The molecule has 0 spiro atoms. The lowest BCUT2D eigenvalue weighted by atomic mass is 9.82. The summed E-state index contributed by atoms with van der Waals surface area (Å²) in [4.78, 5) is 6.68. The van der Waals surface area contributed by atoms with E-state index in [1.807, 2.05) is 7.05 Å². The van der Waals surface area contributed by atoms with Crippen molar-refractivity contribution < 1.29 is 4.74 Å². The van der Waals surface area contributed by atoms with Crippen molar-refractivity contribution in [1.82, 2.24) is 10.2 Å². The van der Waals surface area contributed by atoms with Gasteiger partial charge in [0, 0.05) is 39.7 Å². The van der Waals surface area contributed by atoms with Crippen molar-refractivity contribution in [3.63, 3.8) is 0 Å². The van der Waals surface area contributed by atoms with Crippen LogP contribution in [0.25, 0.3) is 0 Å². The zero-order valence-electron chi connectivity index (χ0n) is 13.8. The van der Waals surface area contributed by atoms with Gasteiger partial charge in [-0.15, -0.1) is 24.0 Å². The van der Waals surface area contributed by atoms with Crippen molar-refractivity contribution in [3.8, 4) is 0 Å². The number of nitrogens with zero attached hydrogens (tertiary/aromatic N) is 2. The van der Waals surface area contributed by atoms with Crippen molar-refractivity contribution in [2.45, 2.75) is 39.0 Å². The highest BCUT2D eigenvalue weighted by atomic mass is 127. The second kappa shape index (κ2) is 9.87. The van der Waals surface area contributed by atoms with Crippen LogP contribution >= 0.6 is 24.0 Å². The summed E-state index contributed by atoms with van der Waals surface area (Å²) < 4.78 is 5.45. The maximum Gasteiger partial charge on any atom is 0.193 e. The Kier molecular flexibility index (Phi) is 8.94. The van der Waals surface area contributed by atoms with Gasteiger partial charge in [0.1, 0.15) is 0 Å². The smallest absolute Gasteiger partial charge is 0.193 e. The van der Waals surface area contributed by atoms with E-state index < -0.39 is 0 Å². The maximum atomic E-state index is 5.45. The summed E-state index contributed by atoms with van der Waals surface area (Å²) in [5, 5.41) is 3.57. The van der Waals surface area contributed by atoms with Crippen molar-refractivity contribution >= 4 is 29.9 Å². The maximum absolute atomic E-state index is 5.45. The first-order valence-corrected chi connectivity index (χ1v) is 8.18. The molecule has 2 rings (SSSR count). The van der Waals surface area contributed by atoms with Crippen LogP contribution in [0.1, 0.15) is 39.0 Å². The Bertz CT molecular complexity index is 319. The lowest BCUT2D eigenvalue weighted by molar-refractivity contribution is 0.181. The van der Waals surface area contributed by atoms with E-state index in [1.165, 1.54) is 32.1 Å². The molecule has 5 heteroatoms. The third-order valence-corrected chi connectivity index (χ3v) is 4.72. The van der Waals surface area contributed by atoms with E-state index in [0.29, 0.717) is 5.92 Å². The van der Waals surface area contributed by atoms with Crippen LogP contribution in [-0.4, -0.2) is 51.3 Å². The Balaban J connectivity index is 0.00000220. The topological polar surface area (TPSA) is 36.9 Å². The lowest BCUT2D eigenvalue weighted by Gasteiger charge is -2.29. The highest BCUT2D eigenvalue weighted by Gasteiger charge is 2.21. The number of hydrogen-bond donors (Lipinski definition) is 1. The van der Waals surface area contributed by atoms with E-state index >= 15 is 0 Å². The van der Waals surface area contributed by atoms with Crippen LogP contribution in [0.4, 0.5) is 0 Å². The summed E-state index contributed by atoms with van der Waals surface area (Å²) in [6, 6.07) is 0. The number of rotatable bonds is 4. The third kappa shape index (κ3) is 6.30. The molecule has 0 aromatic rings. The van der Waals surface area contributed by atoms with Gasteiger partial charge in [-0.25, -0.2) is 0 Å². The van der Waals surface area contributed by atoms with Gasteiger partial charge in [0.15, 0.2) is 5.96 Å². The van der Waals surface area contributed by atoms with Gasteiger partial charge >= 0.3 is 0 Å². The van der Waals surface area contributed by atoms with Gasteiger partial charge in [-0.3, -0.25) is 4.99 Å². The van der Waals surface area contributed by atoms with Gasteiger partial charge in [-0.1, -0.05) is 19.8 Å². The molecular weight excluding hydrogens is 377 g/mol. The Morgan fingerprint density at radius 3 is 2.71 bits per heavy atom. The van der Waals surface area contributed by atoms with Gasteiger partial charge in [-0.05, 0) is 31.1 Å². The first kappa shape index (κ1) is 19.0. The average Bonchev–Trinajstić information content (AvgIpc) is 2.92. The summed E-state index contributed by atoms with van der Waals surface area (Å²) >= 11 is 0.